The molecule has 5 aliphatic rings. The number of esters is 1. The van der Waals surface area contributed by atoms with E-state index in [4.69, 9.17) is 4.74 Å². The molecule has 2 fully saturated rings. The van der Waals surface area contributed by atoms with Crippen LogP contribution in [-0.2, 0) is 26.2 Å². The molecular formula is C26H32N2O6. The van der Waals surface area contributed by atoms with Crippen LogP contribution in [-0.4, -0.2) is 71.5 Å². The highest BCUT2D eigenvalue weighted by atomic mass is 16.5. The summed E-state index contributed by atoms with van der Waals surface area (Å²) >= 11 is 0. The Labute approximate surface area is 198 Å². The van der Waals surface area contributed by atoms with Gasteiger partial charge >= 0.3 is 5.97 Å². The highest BCUT2D eigenvalue weighted by Gasteiger charge is 2.72. The average Bonchev–Trinajstić information content (AvgIpc) is 3.57. The molecule has 182 valence electrons. The van der Waals surface area contributed by atoms with Crippen molar-refractivity contribution in [1.29, 1.82) is 0 Å². The molecule has 1 saturated heterocycles. The number of piperidine rings is 1. The highest BCUT2D eigenvalue weighted by Crippen LogP contribution is 2.65. The van der Waals surface area contributed by atoms with Crippen LogP contribution in [0, 0.1) is 5.92 Å². The number of amides is 1. The number of aliphatic hydroxyl groups is 1. The van der Waals surface area contributed by atoms with E-state index in [-0.39, 0.29) is 30.1 Å². The third-order valence-electron chi connectivity index (χ3n) is 8.76. The molecule has 8 nitrogen and oxygen atoms in total. The molecule has 2 aliphatic heterocycles. The molecule has 8 heteroatoms. The van der Waals surface area contributed by atoms with Gasteiger partial charge in [-0.1, -0.05) is 12.1 Å². The van der Waals surface area contributed by atoms with E-state index in [0.29, 0.717) is 43.6 Å². The number of methoxy groups -OCH3 is 1. The van der Waals surface area contributed by atoms with Gasteiger partial charge in [-0.05, 0) is 62.6 Å². The fraction of sp³-hybridized carbons (Fsp3) is 0.615. The maximum atomic E-state index is 13.3. The summed E-state index contributed by atoms with van der Waals surface area (Å²) in [7, 11) is 1.35. The van der Waals surface area contributed by atoms with Crippen molar-refractivity contribution in [3.05, 3.63) is 34.9 Å². The van der Waals surface area contributed by atoms with Gasteiger partial charge in [0.25, 0.3) is 5.91 Å². The molecule has 1 saturated carbocycles. The zero-order valence-electron chi connectivity index (χ0n) is 19.5. The van der Waals surface area contributed by atoms with E-state index in [1.54, 1.807) is 6.07 Å². The van der Waals surface area contributed by atoms with Crippen LogP contribution in [0.15, 0.2) is 23.8 Å². The molecule has 4 atom stereocenters. The van der Waals surface area contributed by atoms with E-state index in [2.05, 4.69) is 15.0 Å². The molecule has 34 heavy (non-hydrogen) atoms. The lowest BCUT2D eigenvalue weighted by Gasteiger charge is -2.62. The molecule has 2 heterocycles. The standard InChI is InChI=1S/C26H32N2O6/c1-33-20(30)3-2-11-27-24(31)17-8-9-26(32)19-13-16-6-7-18(29)22-21(16)25(26,23(17)34-22)10-12-28(19)14-15-4-5-15/h6-8,15,19,23,29,32H,2-5,9-14H2,1H3,(H,27,31)/t19-,23+,25+,26-/m1/s1. The number of carbonyl (C=O) groups excluding carboxylic acids is 2. The predicted molar refractivity (Wildman–Crippen MR) is 123 cm³/mol. The van der Waals surface area contributed by atoms with Crippen LogP contribution < -0.4 is 10.1 Å². The first-order valence-corrected chi connectivity index (χ1v) is 12.4. The van der Waals surface area contributed by atoms with E-state index >= 15 is 0 Å². The van der Waals surface area contributed by atoms with Crippen LogP contribution in [0.4, 0.5) is 0 Å². The maximum Gasteiger partial charge on any atom is 0.305 e. The van der Waals surface area contributed by atoms with Gasteiger partial charge in [-0.3, -0.25) is 14.5 Å². The lowest BCUT2D eigenvalue weighted by Crippen LogP contribution is -2.75. The van der Waals surface area contributed by atoms with E-state index in [1.165, 1.54) is 20.0 Å². The third kappa shape index (κ3) is 2.97. The van der Waals surface area contributed by atoms with Gasteiger partial charge in [-0.2, -0.15) is 0 Å². The zero-order chi connectivity index (χ0) is 23.7. The van der Waals surface area contributed by atoms with Gasteiger partial charge in [-0.25, -0.2) is 0 Å². The zero-order valence-corrected chi connectivity index (χ0v) is 19.5. The number of ether oxygens (including phenoxy) is 2. The first-order chi connectivity index (χ1) is 16.4. The smallest absolute Gasteiger partial charge is 0.305 e. The van der Waals surface area contributed by atoms with Gasteiger partial charge in [0.05, 0.1) is 23.7 Å². The highest BCUT2D eigenvalue weighted by molar-refractivity contribution is 5.96. The lowest BCUT2D eigenvalue weighted by molar-refractivity contribution is -0.165. The lowest BCUT2D eigenvalue weighted by atomic mass is 9.49. The number of phenolic OH excluding ortho intramolecular Hbond substituents is 1. The summed E-state index contributed by atoms with van der Waals surface area (Å²) in [6.07, 6.45) is 6.18. The van der Waals surface area contributed by atoms with Gasteiger partial charge in [-0.15, -0.1) is 0 Å². The van der Waals surface area contributed by atoms with Crippen LogP contribution >= 0.6 is 0 Å². The summed E-state index contributed by atoms with van der Waals surface area (Å²) in [4.78, 5) is 27.1. The Bertz CT molecular complexity index is 1080. The molecular weight excluding hydrogens is 436 g/mol. The van der Waals surface area contributed by atoms with E-state index in [9.17, 15) is 19.8 Å². The number of phenols is 1. The second kappa shape index (κ2) is 7.71. The average molecular weight is 469 g/mol. The maximum absolute atomic E-state index is 13.3. The summed E-state index contributed by atoms with van der Waals surface area (Å²) < 4.78 is 11.0. The second-order valence-electron chi connectivity index (χ2n) is 10.5. The molecule has 1 aromatic carbocycles. The molecule has 3 N–H and O–H groups in total. The summed E-state index contributed by atoms with van der Waals surface area (Å²) in [6.45, 7) is 2.19. The Morgan fingerprint density at radius 1 is 1.32 bits per heavy atom. The summed E-state index contributed by atoms with van der Waals surface area (Å²) in [5.41, 5.74) is 0.676. The first-order valence-electron chi connectivity index (χ1n) is 12.4. The molecule has 1 spiro atoms. The number of rotatable bonds is 7. The minimum atomic E-state index is -1.06. The molecule has 1 aromatic rings. The molecule has 1 amide bonds. The van der Waals surface area contributed by atoms with Gasteiger partial charge in [0.1, 0.15) is 6.10 Å². The molecule has 0 aromatic heterocycles. The van der Waals surface area contributed by atoms with E-state index in [0.717, 1.165) is 30.1 Å². The Hall–Kier alpha value is -2.58. The minimum absolute atomic E-state index is 0.0446. The largest absolute Gasteiger partial charge is 0.504 e. The fourth-order valence-electron chi connectivity index (χ4n) is 6.96. The van der Waals surface area contributed by atoms with Gasteiger partial charge in [0, 0.05) is 31.1 Å². The van der Waals surface area contributed by atoms with Crippen LogP contribution in [0.1, 0.15) is 49.7 Å². The number of hydrogen-bond donors (Lipinski definition) is 3. The number of nitrogens with zero attached hydrogens (tertiary/aromatic N) is 1. The summed E-state index contributed by atoms with van der Waals surface area (Å²) in [5.74, 6) is 0.639. The van der Waals surface area contributed by atoms with Crippen LogP contribution in [0.3, 0.4) is 0 Å². The van der Waals surface area contributed by atoms with Crippen molar-refractivity contribution in [2.75, 3.05) is 26.7 Å². The Balaban J connectivity index is 1.34. The van der Waals surface area contributed by atoms with Gasteiger partial charge in [0.15, 0.2) is 11.5 Å². The van der Waals surface area contributed by atoms with E-state index in [1.807, 2.05) is 12.1 Å². The minimum Gasteiger partial charge on any atom is -0.504 e. The molecule has 2 bridgehead atoms. The normalized spacial score (nSPS) is 32.9. The predicted octanol–water partition coefficient (Wildman–Crippen LogP) is 1.56. The number of nitrogens with one attached hydrogen (secondary N) is 1. The number of carbonyl (C=O) groups is 2. The van der Waals surface area contributed by atoms with Crippen molar-refractivity contribution in [3.8, 4) is 11.5 Å². The third-order valence-corrected chi connectivity index (χ3v) is 8.76. The van der Waals surface area contributed by atoms with Crippen molar-refractivity contribution < 1.29 is 29.3 Å². The summed E-state index contributed by atoms with van der Waals surface area (Å²) in [6, 6.07) is 3.58. The molecule has 3 aliphatic carbocycles. The van der Waals surface area contributed by atoms with Crippen molar-refractivity contribution in [2.24, 2.45) is 5.92 Å². The Kier molecular flexibility index (Phi) is 4.97. The first kappa shape index (κ1) is 21.9. The fourth-order valence-corrected chi connectivity index (χ4v) is 6.96. The molecule has 0 unspecified atom stereocenters. The van der Waals surface area contributed by atoms with Crippen molar-refractivity contribution >= 4 is 11.9 Å². The monoisotopic (exact) mass is 468 g/mol. The Morgan fingerprint density at radius 3 is 2.91 bits per heavy atom. The van der Waals surface area contributed by atoms with Gasteiger partial charge < -0.3 is 25.0 Å². The van der Waals surface area contributed by atoms with Crippen LogP contribution in [0.2, 0.25) is 0 Å². The van der Waals surface area contributed by atoms with Crippen molar-refractivity contribution in [2.45, 2.75) is 68.1 Å². The number of hydrogen-bond acceptors (Lipinski definition) is 7. The van der Waals surface area contributed by atoms with Crippen molar-refractivity contribution in [1.82, 2.24) is 10.2 Å². The second-order valence-corrected chi connectivity index (χ2v) is 10.5. The van der Waals surface area contributed by atoms with Gasteiger partial charge in [0.2, 0.25) is 0 Å². The quantitative estimate of drug-likeness (QED) is 0.412. The number of aromatic hydroxyl groups is 1. The molecule has 6 rings (SSSR count). The summed E-state index contributed by atoms with van der Waals surface area (Å²) in [5, 5.41) is 26.0. The SMILES string of the molecule is COC(=O)CCCNC(=O)C1=CC[C@@]2(O)[C@H]3Cc4ccc(O)c5c4[C@@]2(CCN3CC2CC2)[C@H]1O5. The molecule has 0 radical (unpaired) electrons. The topological polar surface area (TPSA) is 108 Å². The number of likely N-dealkylation sites (tertiary alicyclic amines) is 1. The van der Waals surface area contributed by atoms with Crippen LogP contribution in [0.25, 0.3) is 0 Å². The van der Waals surface area contributed by atoms with Crippen LogP contribution in [0.5, 0.6) is 11.5 Å². The van der Waals surface area contributed by atoms with E-state index < -0.39 is 17.1 Å². The Morgan fingerprint density at radius 2 is 2.15 bits per heavy atom. The number of benzene rings is 1. The van der Waals surface area contributed by atoms with Crippen molar-refractivity contribution in [3.63, 3.8) is 0 Å².